The van der Waals surface area contributed by atoms with Gasteiger partial charge in [0.2, 0.25) is 0 Å². The van der Waals surface area contributed by atoms with Crippen molar-refractivity contribution in [3.05, 3.63) is 77.4 Å². The third kappa shape index (κ3) is 5.90. The summed E-state index contributed by atoms with van der Waals surface area (Å²) < 4.78 is 0. The first-order valence-corrected chi connectivity index (χ1v) is 8.41. The Kier molecular flexibility index (Phi) is 7.03. The van der Waals surface area contributed by atoms with Gasteiger partial charge in [0.15, 0.2) is 0 Å². The van der Waals surface area contributed by atoms with Crippen LogP contribution in [0.1, 0.15) is 63.8 Å². The molecule has 23 heavy (non-hydrogen) atoms. The first-order valence-electron chi connectivity index (χ1n) is 8.41. The SMILES string of the molecule is C=C(C)c1cc(/C=C/c2ccccc2)cc(C(C)(C)C)c1.CC. The van der Waals surface area contributed by atoms with Crippen molar-refractivity contribution in [1.29, 1.82) is 0 Å². The molecule has 0 heterocycles. The monoisotopic (exact) mass is 306 g/mol. The van der Waals surface area contributed by atoms with E-state index in [1.54, 1.807) is 0 Å². The van der Waals surface area contributed by atoms with E-state index in [1.807, 2.05) is 19.9 Å². The molecule has 0 saturated heterocycles. The topological polar surface area (TPSA) is 0 Å². The van der Waals surface area contributed by atoms with Gasteiger partial charge in [0.25, 0.3) is 0 Å². The fraction of sp³-hybridized carbons (Fsp3) is 0.304. The lowest BCUT2D eigenvalue weighted by molar-refractivity contribution is 0.590. The van der Waals surface area contributed by atoms with Crippen LogP contribution in [0.25, 0.3) is 17.7 Å². The largest absolute Gasteiger partial charge is 0.0955 e. The van der Waals surface area contributed by atoms with Gasteiger partial charge in [-0.05, 0) is 40.7 Å². The van der Waals surface area contributed by atoms with E-state index < -0.39 is 0 Å². The third-order valence-electron chi connectivity index (χ3n) is 3.58. The van der Waals surface area contributed by atoms with E-state index in [-0.39, 0.29) is 5.41 Å². The minimum absolute atomic E-state index is 0.140. The Hall–Kier alpha value is -2.08. The zero-order valence-electron chi connectivity index (χ0n) is 15.5. The van der Waals surface area contributed by atoms with Gasteiger partial charge in [0.1, 0.15) is 0 Å². The predicted molar refractivity (Wildman–Crippen MR) is 107 cm³/mol. The Bertz CT molecular complexity index is 652. The molecule has 0 aromatic heterocycles. The molecule has 0 radical (unpaired) electrons. The molecule has 0 fully saturated rings. The normalized spacial score (nSPS) is 11.0. The van der Waals surface area contributed by atoms with E-state index in [2.05, 4.69) is 88.9 Å². The van der Waals surface area contributed by atoms with Crippen LogP contribution < -0.4 is 0 Å². The number of benzene rings is 2. The van der Waals surface area contributed by atoms with Crippen LogP contribution in [0.2, 0.25) is 0 Å². The van der Waals surface area contributed by atoms with E-state index in [9.17, 15) is 0 Å². The highest BCUT2D eigenvalue weighted by molar-refractivity contribution is 5.73. The summed E-state index contributed by atoms with van der Waals surface area (Å²) in [6.45, 7) is 16.9. The molecule has 0 saturated carbocycles. The quantitative estimate of drug-likeness (QED) is 0.525. The predicted octanol–water partition coefficient (Wildman–Crippen LogP) is 7.21. The molecule has 0 unspecified atom stereocenters. The van der Waals surface area contributed by atoms with Gasteiger partial charge in [-0.1, -0.05) is 101 Å². The third-order valence-corrected chi connectivity index (χ3v) is 3.58. The number of rotatable bonds is 3. The van der Waals surface area contributed by atoms with Gasteiger partial charge in [-0.25, -0.2) is 0 Å². The van der Waals surface area contributed by atoms with Crippen molar-refractivity contribution in [1.82, 2.24) is 0 Å². The van der Waals surface area contributed by atoms with Crippen molar-refractivity contribution >= 4 is 17.7 Å². The number of hydrogen-bond donors (Lipinski definition) is 0. The Morgan fingerprint density at radius 2 is 1.43 bits per heavy atom. The molecule has 0 aliphatic rings. The molecule has 0 aliphatic heterocycles. The molecule has 0 atom stereocenters. The molecule has 0 spiro atoms. The van der Waals surface area contributed by atoms with E-state index in [0.29, 0.717) is 0 Å². The van der Waals surface area contributed by atoms with E-state index in [4.69, 9.17) is 0 Å². The van der Waals surface area contributed by atoms with Crippen LogP contribution in [0.5, 0.6) is 0 Å². The summed E-state index contributed by atoms with van der Waals surface area (Å²) in [6, 6.07) is 17.1. The summed E-state index contributed by atoms with van der Waals surface area (Å²) in [4.78, 5) is 0. The van der Waals surface area contributed by atoms with Crippen molar-refractivity contribution in [2.45, 2.75) is 47.0 Å². The van der Waals surface area contributed by atoms with Crippen molar-refractivity contribution in [3.8, 4) is 0 Å². The van der Waals surface area contributed by atoms with Crippen LogP contribution in [0.3, 0.4) is 0 Å². The molecule has 2 aromatic carbocycles. The molecule has 0 amide bonds. The molecular weight excluding hydrogens is 276 g/mol. The fourth-order valence-electron chi connectivity index (χ4n) is 2.18. The zero-order valence-corrected chi connectivity index (χ0v) is 15.5. The number of allylic oxidation sites excluding steroid dienone is 1. The van der Waals surface area contributed by atoms with E-state index >= 15 is 0 Å². The summed E-state index contributed by atoms with van der Waals surface area (Å²) in [5.41, 5.74) is 6.25. The van der Waals surface area contributed by atoms with Gasteiger partial charge in [-0.2, -0.15) is 0 Å². The lowest BCUT2D eigenvalue weighted by Crippen LogP contribution is -2.11. The minimum atomic E-state index is 0.140. The summed E-state index contributed by atoms with van der Waals surface area (Å²) in [6.07, 6.45) is 4.33. The maximum Gasteiger partial charge on any atom is -0.0131 e. The number of hydrogen-bond acceptors (Lipinski definition) is 0. The standard InChI is InChI=1S/C21H24.C2H6/c1-16(2)19-13-18(14-20(15-19)21(3,4)5)12-11-17-9-7-6-8-10-17;1-2/h6-15H,1H2,2-5H3;1-2H3/b12-11+;. The summed E-state index contributed by atoms with van der Waals surface area (Å²) >= 11 is 0. The summed E-state index contributed by atoms with van der Waals surface area (Å²) in [7, 11) is 0. The van der Waals surface area contributed by atoms with Crippen molar-refractivity contribution in [2.24, 2.45) is 0 Å². The molecule has 0 N–H and O–H groups in total. The molecule has 2 rings (SSSR count). The van der Waals surface area contributed by atoms with Gasteiger partial charge in [0.05, 0.1) is 0 Å². The second kappa shape index (κ2) is 8.53. The van der Waals surface area contributed by atoms with Gasteiger partial charge >= 0.3 is 0 Å². The second-order valence-corrected chi connectivity index (χ2v) is 6.62. The van der Waals surface area contributed by atoms with Crippen molar-refractivity contribution < 1.29 is 0 Å². The van der Waals surface area contributed by atoms with Gasteiger partial charge in [-0.15, -0.1) is 0 Å². The average Bonchev–Trinajstić information content (AvgIpc) is 2.54. The Labute approximate surface area is 142 Å². The zero-order chi connectivity index (χ0) is 17.5. The smallest absolute Gasteiger partial charge is 0.0131 e. The first kappa shape index (κ1) is 19.0. The molecule has 0 aliphatic carbocycles. The lowest BCUT2D eigenvalue weighted by atomic mass is 9.84. The maximum atomic E-state index is 4.08. The van der Waals surface area contributed by atoms with Crippen molar-refractivity contribution in [2.75, 3.05) is 0 Å². The molecule has 0 heteroatoms. The van der Waals surface area contributed by atoms with Gasteiger partial charge in [-0.3, -0.25) is 0 Å². The highest BCUT2D eigenvalue weighted by Gasteiger charge is 2.15. The average molecular weight is 306 g/mol. The molecule has 0 bridgehead atoms. The molecule has 0 nitrogen and oxygen atoms in total. The maximum absolute atomic E-state index is 4.08. The summed E-state index contributed by atoms with van der Waals surface area (Å²) in [5.74, 6) is 0. The second-order valence-electron chi connectivity index (χ2n) is 6.62. The van der Waals surface area contributed by atoms with Gasteiger partial charge in [0, 0.05) is 0 Å². The van der Waals surface area contributed by atoms with Crippen LogP contribution in [-0.4, -0.2) is 0 Å². The Balaban J connectivity index is 0.00000127. The highest BCUT2D eigenvalue weighted by atomic mass is 14.2. The fourth-order valence-corrected chi connectivity index (χ4v) is 2.18. The molecular formula is C23H30. The summed E-state index contributed by atoms with van der Waals surface area (Å²) in [5, 5.41) is 0. The Morgan fingerprint density at radius 3 is 1.96 bits per heavy atom. The van der Waals surface area contributed by atoms with Gasteiger partial charge < -0.3 is 0 Å². The van der Waals surface area contributed by atoms with Crippen LogP contribution in [0, 0.1) is 0 Å². The van der Waals surface area contributed by atoms with Crippen LogP contribution in [-0.2, 0) is 5.41 Å². The van der Waals surface area contributed by atoms with Crippen LogP contribution in [0.15, 0.2) is 55.1 Å². The molecule has 122 valence electrons. The minimum Gasteiger partial charge on any atom is -0.0955 e. The first-order chi connectivity index (χ1) is 10.9. The lowest BCUT2D eigenvalue weighted by Gasteiger charge is -2.21. The van der Waals surface area contributed by atoms with Crippen LogP contribution >= 0.6 is 0 Å². The molecule has 2 aromatic rings. The van der Waals surface area contributed by atoms with Crippen LogP contribution in [0.4, 0.5) is 0 Å². The van der Waals surface area contributed by atoms with Crippen molar-refractivity contribution in [3.63, 3.8) is 0 Å². The Morgan fingerprint density at radius 1 is 0.870 bits per heavy atom. The van der Waals surface area contributed by atoms with E-state index in [0.717, 1.165) is 5.57 Å². The highest BCUT2D eigenvalue weighted by Crippen LogP contribution is 2.27. The van der Waals surface area contributed by atoms with E-state index in [1.165, 1.54) is 22.3 Å².